The quantitative estimate of drug-likeness (QED) is 0.704. The van der Waals surface area contributed by atoms with E-state index in [1.807, 2.05) is 0 Å². The van der Waals surface area contributed by atoms with Crippen molar-refractivity contribution in [3.63, 3.8) is 0 Å². The highest BCUT2D eigenvalue weighted by Crippen LogP contribution is 2.06. The Kier molecular flexibility index (Phi) is 4.03. The standard InChI is InChI=1S/C9H17N3O2/c1-6(2)7(10)5-9-11-8(3-4-13)12-14-9/h6-7,13H,3-5,10H2,1-2H3. The van der Waals surface area contributed by atoms with E-state index in [1.54, 1.807) is 0 Å². The van der Waals surface area contributed by atoms with Crippen LogP contribution in [0.5, 0.6) is 0 Å². The Bertz CT molecular complexity index is 273. The van der Waals surface area contributed by atoms with Gasteiger partial charge in [0.25, 0.3) is 0 Å². The molecule has 0 amide bonds. The van der Waals surface area contributed by atoms with Crippen LogP contribution in [0.4, 0.5) is 0 Å². The van der Waals surface area contributed by atoms with Crippen LogP contribution in [0.25, 0.3) is 0 Å². The van der Waals surface area contributed by atoms with Crippen LogP contribution >= 0.6 is 0 Å². The normalized spacial score (nSPS) is 13.5. The van der Waals surface area contributed by atoms with Crippen molar-refractivity contribution in [1.29, 1.82) is 0 Å². The number of nitrogens with zero attached hydrogens (tertiary/aromatic N) is 2. The maximum Gasteiger partial charge on any atom is 0.228 e. The molecule has 0 aliphatic rings. The number of aliphatic hydroxyl groups excluding tert-OH is 1. The van der Waals surface area contributed by atoms with E-state index in [4.69, 9.17) is 15.4 Å². The molecule has 1 aromatic heterocycles. The summed E-state index contributed by atoms with van der Waals surface area (Å²) in [5.74, 6) is 1.48. The molecule has 5 heteroatoms. The lowest BCUT2D eigenvalue weighted by atomic mass is 10.0. The summed E-state index contributed by atoms with van der Waals surface area (Å²) in [4.78, 5) is 4.10. The van der Waals surface area contributed by atoms with Crippen LogP contribution in [0.3, 0.4) is 0 Å². The van der Waals surface area contributed by atoms with Gasteiger partial charge in [-0.15, -0.1) is 0 Å². The van der Waals surface area contributed by atoms with Crippen LogP contribution in [0.1, 0.15) is 25.6 Å². The van der Waals surface area contributed by atoms with Gasteiger partial charge in [-0.2, -0.15) is 4.98 Å². The fraction of sp³-hybridized carbons (Fsp3) is 0.778. The molecule has 1 heterocycles. The van der Waals surface area contributed by atoms with E-state index < -0.39 is 0 Å². The molecule has 0 radical (unpaired) electrons. The van der Waals surface area contributed by atoms with Crippen molar-refractivity contribution in [1.82, 2.24) is 10.1 Å². The molecule has 0 saturated heterocycles. The molecular weight excluding hydrogens is 182 g/mol. The summed E-state index contributed by atoms with van der Waals surface area (Å²) in [6.07, 6.45) is 1.02. The molecule has 0 bridgehead atoms. The van der Waals surface area contributed by atoms with Gasteiger partial charge in [-0.25, -0.2) is 0 Å². The molecule has 1 aromatic rings. The molecule has 0 fully saturated rings. The number of hydrogen-bond donors (Lipinski definition) is 2. The van der Waals surface area contributed by atoms with Crippen LogP contribution in [-0.2, 0) is 12.8 Å². The Hall–Kier alpha value is -0.940. The Balaban J connectivity index is 2.50. The summed E-state index contributed by atoms with van der Waals surface area (Å²) in [5.41, 5.74) is 5.85. The lowest BCUT2D eigenvalue weighted by molar-refractivity contribution is 0.292. The van der Waals surface area contributed by atoms with E-state index in [2.05, 4.69) is 24.0 Å². The van der Waals surface area contributed by atoms with Gasteiger partial charge in [0.15, 0.2) is 5.82 Å². The lowest BCUT2D eigenvalue weighted by Gasteiger charge is -2.11. The molecule has 0 aliphatic heterocycles. The zero-order valence-corrected chi connectivity index (χ0v) is 8.60. The minimum atomic E-state index is 0.0369. The van der Waals surface area contributed by atoms with Gasteiger partial charge in [0.2, 0.25) is 5.89 Å². The van der Waals surface area contributed by atoms with Crippen molar-refractivity contribution in [2.75, 3.05) is 6.61 Å². The van der Waals surface area contributed by atoms with Crippen molar-refractivity contribution >= 4 is 0 Å². The molecule has 5 nitrogen and oxygen atoms in total. The fourth-order valence-corrected chi connectivity index (χ4v) is 1.01. The van der Waals surface area contributed by atoms with Crippen molar-refractivity contribution < 1.29 is 9.63 Å². The Morgan fingerprint density at radius 1 is 1.50 bits per heavy atom. The van der Waals surface area contributed by atoms with Gasteiger partial charge >= 0.3 is 0 Å². The van der Waals surface area contributed by atoms with Crippen LogP contribution in [0, 0.1) is 5.92 Å². The van der Waals surface area contributed by atoms with Crippen molar-refractivity contribution in [3.8, 4) is 0 Å². The highest BCUT2D eigenvalue weighted by Gasteiger charge is 2.13. The summed E-state index contributed by atoms with van der Waals surface area (Å²) < 4.78 is 4.99. The highest BCUT2D eigenvalue weighted by atomic mass is 16.5. The second-order valence-electron chi connectivity index (χ2n) is 3.69. The first kappa shape index (κ1) is 11.1. The summed E-state index contributed by atoms with van der Waals surface area (Å²) >= 11 is 0. The van der Waals surface area contributed by atoms with Crippen molar-refractivity contribution in [2.45, 2.75) is 32.7 Å². The molecular formula is C9H17N3O2. The third-order valence-corrected chi connectivity index (χ3v) is 2.11. The second-order valence-corrected chi connectivity index (χ2v) is 3.69. The highest BCUT2D eigenvalue weighted by molar-refractivity contribution is 4.89. The van der Waals surface area contributed by atoms with Gasteiger partial charge in [0.05, 0.1) is 6.61 Å². The van der Waals surface area contributed by atoms with E-state index in [1.165, 1.54) is 0 Å². The first-order valence-corrected chi connectivity index (χ1v) is 4.81. The van der Waals surface area contributed by atoms with Crippen LogP contribution < -0.4 is 5.73 Å². The number of aromatic nitrogens is 2. The smallest absolute Gasteiger partial charge is 0.228 e. The first-order valence-electron chi connectivity index (χ1n) is 4.81. The number of hydrogen-bond acceptors (Lipinski definition) is 5. The largest absolute Gasteiger partial charge is 0.396 e. The molecule has 1 unspecified atom stereocenters. The van der Waals surface area contributed by atoms with Crippen LogP contribution in [0.15, 0.2) is 4.52 Å². The minimum Gasteiger partial charge on any atom is -0.396 e. The Morgan fingerprint density at radius 3 is 2.79 bits per heavy atom. The molecule has 0 spiro atoms. The molecule has 0 aliphatic carbocycles. The van der Waals surface area contributed by atoms with Gasteiger partial charge < -0.3 is 15.4 Å². The molecule has 3 N–H and O–H groups in total. The Labute approximate surface area is 83.3 Å². The summed E-state index contributed by atoms with van der Waals surface area (Å²) in [7, 11) is 0. The van der Waals surface area contributed by atoms with Crippen molar-refractivity contribution in [2.24, 2.45) is 11.7 Å². The predicted octanol–water partition coefficient (Wildman–Crippen LogP) is 0.130. The second kappa shape index (κ2) is 5.07. The topological polar surface area (TPSA) is 85.2 Å². The zero-order valence-electron chi connectivity index (χ0n) is 8.60. The molecule has 1 rings (SSSR count). The average molecular weight is 199 g/mol. The third-order valence-electron chi connectivity index (χ3n) is 2.11. The van der Waals surface area contributed by atoms with E-state index in [9.17, 15) is 0 Å². The SMILES string of the molecule is CC(C)C(N)Cc1nc(CCO)no1. The Morgan fingerprint density at radius 2 is 2.21 bits per heavy atom. The summed E-state index contributed by atoms with van der Waals surface area (Å²) in [6, 6.07) is 0.0393. The average Bonchev–Trinajstić information content (AvgIpc) is 2.53. The fourth-order valence-electron chi connectivity index (χ4n) is 1.01. The molecule has 0 saturated carbocycles. The monoisotopic (exact) mass is 199 g/mol. The van der Waals surface area contributed by atoms with E-state index >= 15 is 0 Å². The molecule has 80 valence electrons. The van der Waals surface area contributed by atoms with E-state index in [0.29, 0.717) is 30.5 Å². The maximum absolute atomic E-state index is 8.65. The number of rotatable bonds is 5. The maximum atomic E-state index is 8.65. The molecule has 1 atom stereocenters. The van der Waals surface area contributed by atoms with Gasteiger partial charge in [0.1, 0.15) is 0 Å². The number of nitrogens with two attached hydrogens (primary N) is 1. The minimum absolute atomic E-state index is 0.0369. The van der Waals surface area contributed by atoms with E-state index in [0.717, 1.165) is 0 Å². The van der Waals surface area contributed by atoms with Gasteiger partial charge in [-0.1, -0.05) is 19.0 Å². The van der Waals surface area contributed by atoms with Gasteiger partial charge in [0, 0.05) is 18.9 Å². The number of aliphatic hydroxyl groups is 1. The van der Waals surface area contributed by atoms with Crippen LogP contribution in [-0.4, -0.2) is 27.9 Å². The third kappa shape index (κ3) is 3.08. The summed E-state index contributed by atoms with van der Waals surface area (Å²) in [5, 5.41) is 12.4. The van der Waals surface area contributed by atoms with Gasteiger partial charge in [-0.3, -0.25) is 0 Å². The zero-order chi connectivity index (χ0) is 10.6. The molecule has 0 aromatic carbocycles. The van der Waals surface area contributed by atoms with Crippen molar-refractivity contribution in [3.05, 3.63) is 11.7 Å². The van der Waals surface area contributed by atoms with Gasteiger partial charge in [-0.05, 0) is 5.92 Å². The summed E-state index contributed by atoms with van der Waals surface area (Å²) in [6.45, 7) is 4.14. The lowest BCUT2D eigenvalue weighted by Crippen LogP contribution is -2.28. The van der Waals surface area contributed by atoms with Crippen LogP contribution in [0.2, 0.25) is 0 Å². The predicted molar refractivity (Wildman–Crippen MR) is 51.6 cm³/mol. The molecule has 14 heavy (non-hydrogen) atoms. The van der Waals surface area contributed by atoms with E-state index in [-0.39, 0.29) is 12.6 Å². The first-order chi connectivity index (χ1) is 6.63.